The summed E-state index contributed by atoms with van der Waals surface area (Å²) >= 11 is 0. The van der Waals surface area contributed by atoms with Crippen LogP contribution in [-0.4, -0.2) is 57.0 Å². The van der Waals surface area contributed by atoms with Gasteiger partial charge >= 0.3 is 0 Å². The summed E-state index contributed by atoms with van der Waals surface area (Å²) in [4.78, 5) is 37.8. The van der Waals surface area contributed by atoms with E-state index in [4.69, 9.17) is 4.52 Å². The third kappa shape index (κ3) is 4.78. The first-order valence-corrected chi connectivity index (χ1v) is 13.0. The molecule has 9 nitrogen and oxygen atoms in total. The molecule has 0 unspecified atom stereocenters. The number of piperidine rings is 1. The van der Waals surface area contributed by atoms with E-state index in [9.17, 15) is 18.4 Å². The first-order valence-electron chi connectivity index (χ1n) is 13.0. The van der Waals surface area contributed by atoms with Crippen LogP contribution in [0.2, 0.25) is 0 Å². The van der Waals surface area contributed by atoms with Gasteiger partial charge in [-0.1, -0.05) is 11.6 Å². The normalized spacial score (nSPS) is 22.9. The monoisotopic (exact) mass is 522 g/mol. The van der Waals surface area contributed by atoms with Crippen molar-refractivity contribution in [3.8, 4) is 11.3 Å². The molecular weight excluding hydrogens is 494 g/mol. The Morgan fingerprint density at radius 3 is 2.55 bits per heavy atom. The van der Waals surface area contributed by atoms with Crippen molar-refractivity contribution in [2.75, 3.05) is 13.1 Å². The van der Waals surface area contributed by atoms with E-state index in [0.29, 0.717) is 24.8 Å². The van der Waals surface area contributed by atoms with Gasteiger partial charge in [0.05, 0.1) is 17.0 Å². The van der Waals surface area contributed by atoms with Crippen LogP contribution in [-0.2, 0) is 10.3 Å². The maximum Gasteiger partial charge on any atom is 0.273 e. The molecule has 3 fully saturated rings. The number of carbonyl (C=O) groups is 2. The standard InChI is InChI=1S/C27H28F2N6O3/c28-16-5-6-18(20(29)13-16)23-14-22(34-38-23)25(37)32-21-7-12-35(17-3-1-4-17)15-19(21)24(36)33-27(8-9-27)26-30-10-2-11-31-26/h2,5-6,10-11,13-14,17,19,21H,1,3-4,7-9,12,15H2,(H,32,37)(H,33,36)/t19-,21-/m1/s1. The summed E-state index contributed by atoms with van der Waals surface area (Å²) in [6, 6.07) is 6.18. The van der Waals surface area contributed by atoms with Crippen LogP contribution >= 0.6 is 0 Å². The summed E-state index contributed by atoms with van der Waals surface area (Å²) in [5.74, 6) is -2.05. The second-order valence-corrected chi connectivity index (χ2v) is 10.4. The zero-order chi connectivity index (χ0) is 26.3. The first-order chi connectivity index (χ1) is 18.4. The molecule has 2 saturated carbocycles. The molecule has 3 aliphatic rings. The molecular formula is C27H28F2N6O3. The summed E-state index contributed by atoms with van der Waals surface area (Å²) < 4.78 is 32.6. The molecule has 1 saturated heterocycles. The lowest BCUT2D eigenvalue weighted by Gasteiger charge is -2.45. The number of rotatable bonds is 7. The van der Waals surface area contributed by atoms with E-state index in [1.165, 1.54) is 18.6 Å². The second kappa shape index (κ2) is 9.86. The molecule has 0 radical (unpaired) electrons. The third-order valence-electron chi connectivity index (χ3n) is 7.93. The maximum atomic E-state index is 14.2. The Hall–Kier alpha value is -3.73. The van der Waals surface area contributed by atoms with Gasteiger partial charge in [0.2, 0.25) is 5.91 Å². The van der Waals surface area contributed by atoms with Crippen LogP contribution in [0.4, 0.5) is 8.78 Å². The molecule has 38 heavy (non-hydrogen) atoms. The zero-order valence-corrected chi connectivity index (χ0v) is 20.7. The third-order valence-corrected chi connectivity index (χ3v) is 7.93. The number of hydrogen-bond donors (Lipinski definition) is 2. The van der Waals surface area contributed by atoms with Crippen LogP contribution in [0, 0.1) is 17.6 Å². The van der Waals surface area contributed by atoms with Gasteiger partial charge in [0.1, 0.15) is 11.6 Å². The Bertz CT molecular complexity index is 1340. The van der Waals surface area contributed by atoms with Crippen molar-refractivity contribution in [3.05, 3.63) is 65.9 Å². The molecule has 2 aliphatic carbocycles. The van der Waals surface area contributed by atoms with E-state index < -0.39 is 35.0 Å². The van der Waals surface area contributed by atoms with Crippen molar-refractivity contribution < 1.29 is 22.9 Å². The Morgan fingerprint density at radius 1 is 1.08 bits per heavy atom. The molecule has 11 heteroatoms. The highest BCUT2D eigenvalue weighted by Gasteiger charge is 2.50. The van der Waals surface area contributed by atoms with Gasteiger partial charge in [0.15, 0.2) is 17.3 Å². The van der Waals surface area contributed by atoms with Crippen molar-refractivity contribution >= 4 is 11.8 Å². The van der Waals surface area contributed by atoms with Crippen LogP contribution in [0.1, 0.15) is 54.8 Å². The van der Waals surface area contributed by atoms with Gasteiger partial charge in [0, 0.05) is 49.7 Å². The molecule has 198 valence electrons. The number of likely N-dealkylation sites (tertiary alicyclic amines) is 1. The summed E-state index contributed by atoms with van der Waals surface area (Å²) in [7, 11) is 0. The highest BCUT2D eigenvalue weighted by molar-refractivity contribution is 5.94. The molecule has 3 heterocycles. The van der Waals surface area contributed by atoms with E-state index in [2.05, 4.69) is 30.7 Å². The van der Waals surface area contributed by atoms with Crippen molar-refractivity contribution in [3.63, 3.8) is 0 Å². The largest absolute Gasteiger partial charge is 0.355 e. The summed E-state index contributed by atoms with van der Waals surface area (Å²) in [6.45, 7) is 1.31. The van der Waals surface area contributed by atoms with Crippen molar-refractivity contribution in [1.29, 1.82) is 0 Å². The van der Waals surface area contributed by atoms with Crippen LogP contribution in [0.25, 0.3) is 11.3 Å². The number of benzene rings is 1. The van der Waals surface area contributed by atoms with E-state index in [-0.39, 0.29) is 22.9 Å². The summed E-state index contributed by atoms with van der Waals surface area (Å²) in [6.07, 6.45) is 8.90. The number of carbonyl (C=O) groups excluding carboxylic acids is 2. The lowest BCUT2D eigenvalue weighted by molar-refractivity contribution is -0.129. The number of nitrogens with one attached hydrogen (secondary N) is 2. The quantitative estimate of drug-likeness (QED) is 0.490. The molecule has 1 aliphatic heterocycles. The summed E-state index contributed by atoms with van der Waals surface area (Å²) in [5.41, 5.74) is -0.603. The van der Waals surface area contributed by atoms with Gasteiger partial charge in [-0.3, -0.25) is 14.5 Å². The highest BCUT2D eigenvalue weighted by Crippen LogP contribution is 2.44. The van der Waals surface area contributed by atoms with Gasteiger partial charge in [-0.25, -0.2) is 18.7 Å². The fraction of sp³-hybridized carbons (Fsp3) is 0.444. The van der Waals surface area contributed by atoms with E-state index >= 15 is 0 Å². The number of hydrogen-bond acceptors (Lipinski definition) is 7. The fourth-order valence-corrected chi connectivity index (χ4v) is 5.34. The van der Waals surface area contributed by atoms with Gasteiger partial charge in [-0.05, 0) is 50.3 Å². The Kier molecular flexibility index (Phi) is 6.38. The molecule has 1 aromatic carbocycles. The number of nitrogens with zero attached hydrogens (tertiary/aromatic N) is 4. The number of amides is 2. The summed E-state index contributed by atoms with van der Waals surface area (Å²) in [5, 5.41) is 9.93. The van der Waals surface area contributed by atoms with Crippen molar-refractivity contribution in [1.82, 2.24) is 30.7 Å². The average Bonchev–Trinajstić information content (AvgIpc) is 3.49. The molecule has 6 rings (SSSR count). The van der Waals surface area contributed by atoms with Gasteiger partial charge in [-0.15, -0.1) is 0 Å². The van der Waals surface area contributed by atoms with Gasteiger partial charge in [-0.2, -0.15) is 0 Å². The predicted octanol–water partition coefficient (Wildman–Crippen LogP) is 3.19. The molecule has 2 aromatic heterocycles. The molecule has 0 spiro atoms. The highest BCUT2D eigenvalue weighted by atomic mass is 19.1. The van der Waals surface area contributed by atoms with E-state index in [0.717, 1.165) is 44.4 Å². The van der Waals surface area contributed by atoms with Crippen LogP contribution in [0.3, 0.4) is 0 Å². The van der Waals surface area contributed by atoms with Crippen molar-refractivity contribution in [2.45, 2.75) is 56.1 Å². The smallest absolute Gasteiger partial charge is 0.273 e. The number of halogens is 2. The van der Waals surface area contributed by atoms with Gasteiger partial charge < -0.3 is 15.2 Å². The second-order valence-electron chi connectivity index (χ2n) is 10.4. The predicted molar refractivity (Wildman–Crippen MR) is 132 cm³/mol. The Morgan fingerprint density at radius 2 is 1.87 bits per heavy atom. The average molecular weight is 523 g/mol. The number of aromatic nitrogens is 3. The SMILES string of the molecule is O=C(N[C@@H]1CCN(C2CCC2)C[C@H]1C(=O)NC1(c2ncccn2)CC1)c1cc(-c2ccc(F)cc2F)on1. The Labute approximate surface area is 218 Å². The molecule has 2 amide bonds. The van der Waals surface area contributed by atoms with Crippen molar-refractivity contribution in [2.24, 2.45) is 5.92 Å². The van der Waals surface area contributed by atoms with Crippen LogP contribution < -0.4 is 10.6 Å². The van der Waals surface area contributed by atoms with Gasteiger partial charge in [0.25, 0.3) is 5.91 Å². The minimum atomic E-state index is -0.815. The fourth-order valence-electron chi connectivity index (χ4n) is 5.34. The zero-order valence-electron chi connectivity index (χ0n) is 20.7. The minimum Gasteiger partial charge on any atom is -0.355 e. The molecule has 2 N–H and O–H groups in total. The van der Waals surface area contributed by atoms with E-state index in [1.807, 2.05) is 0 Å². The lowest BCUT2D eigenvalue weighted by Crippen LogP contribution is -2.59. The van der Waals surface area contributed by atoms with Crippen LogP contribution in [0.5, 0.6) is 0 Å². The van der Waals surface area contributed by atoms with E-state index in [1.54, 1.807) is 18.5 Å². The maximum absolute atomic E-state index is 14.2. The van der Waals surface area contributed by atoms with Crippen LogP contribution in [0.15, 0.2) is 47.2 Å². The molecule has 3 aromatic rings. The molecule has 0 bridgehead atoms. The molecule has 2 atom stereocenters. The topological polar surface area (TPSA) is 113 Å². The first kappa shape index (κ1) is 24.6. The Balaban J connectivity index is 1.18. The minimum absolute atomic E-state index is 0.00173. The lowest BCUT2D eigenvalue weighted by atomic mass is 9.85.